The predicted molar refractivity (Wildman–Crippen MR) is 132 cm³/mol. The van der Waals surface area contributed by atoms with Crippen molar-refractivity contribution in [3.63, 3.8) is 0 Å². The van der Waals surface area contributed by atoms with Crippen molar-refractivity contribution in [3.8, 4) is 5.75 Å². The van der Waals surface area contributed by atoms with E-state index in [-0.39, 0.29) is 37.1 Å². The van der Waals surface area contributed by atoms with E-state index in [9.17, 15) is 9.59 Å². The Morgan fingerprint density at radius 1 is 1.09 bits per heavy atom. The van der Waals surface area contributed by atoms with Crippen LogP contribution in [0.5, 0.6) is 5.75 Å². The largest absolute Gasteiger partial charge is 0.496 e. The van der Waals surface area contributed by atoms with Crippen LogP contribution in [0.4, 0.5) is 5.69 Å². The lowest BCUT2D eigenvalue weighted by atomic mass is 10.0. The van der Waals surface area contributed by atoms with Crippen LogP contribution in [0.15, 0.2) is 42.5 Å². The molecule has 1 aliphatic rings. The van der Waals surface area contributed by atoms with Gasteiger partial charge in [0.1, 0.15) is 12.3 Å². The average molecular weight is 483 g/mol. The molecule has 8 heteroatoms. The topological polar surface area (TPSA) is 78.9 Å². The molecular formula is C24H32Cl2N2O4. The molecule has 0 bridgehead atoms. The van der Waals surface area contributed by atoms with Crippen LogP contribution in [0.25, 0.3) is 0 Å². The number of nitrogens with one attached hydrogen (secondary N) is 1. The number of ether oxygens (including phenoxy) is 1. The van der Waals surface area contributed by atoms with E-state index < -0.39 is 5.97 Å². The number of ketones is 1. The zero-order valence-corrected chi connectivity index (χ0v) is 20.0. The fourth-order valence-electron chi connectivity index (χ4n) is 3.91. The molecule has 2 aromatic carbocycles. The Bertz CT molecular complexity index is 892. The van der Waals surface area contributed by atoms with Gasteiger partial charge in [-0.05, 0) is 74.2 Å². The Kier molecular flexibility index (Phi) is 12.1. The number of unbranched alkanes of at least 4 members (excludes halogenated alkanes) is 1. The van der Waals surface area contributed by atoms with Gasteiger partial charge in [0.2, 0.25) is 0 Å². The lowest BCUT2D eigenvalue weighted by Crippen LogP contribution is -2.27. The summed E-state index contributed by atoms with van der Waals surface area (Å²) < 4.78 is 5.37. The summed E-state index contributed by atoms with van der Waals surface area (Å²) in [5.41, 5.74) is 3.93. The van der Waals surface area contributed by atoms with Gasteiger partial charge in [-0.2, -0.15) is 0 Å². The molecule has 32 heavy (non-hydrogen) atoms. The zero-order chi connectivity index (χ0) is 21.3. The molecule has 6 nitrogen and oxygen atoms in total. The van der Waals surface area contributed by atoms with Gasteiger partial charge < -0.3 is 20.1 Å². The second-order valence-electron chi connectivity index (χ2n) is 7.60. The smallest absolute Gasteiger partial charge is 0.323 e. The molecule has 0 saturated heterocycles. The first-order chi connectivity index (χ1) is 14.6. The normalized spacial score (nSPS) is 11.8. The van der Waals surface area contributed by atoms with E-state index in [1.807, 2.05) is 41.3 Å². The summed E-state index contributed by atoms with van der Waals surface area (Å²) in [5.74, 6) is 0.244. The van der Waals surface area contributed by atoms with E-state index in [2.05, 4.69) is 11.4 Å². The van der Waals surface area contributed by atoms with Gasteiger partial charge in [-0.25, -0.2) is 0 Å². The number of fused-ring (bicyclic) bond motifs is 1. The summed E-state index contributed by atoms with van der Waals surface area (Å²) in [4.78, 5) is 25.3. The zero-order valence-electron chi connectivity index (χ0n) is 18.3. The molecule has 1 aliphatic heterocycles. The van der Waals surface area contributed by atoms with Gasteiger partial charge in [-0.3, -0.25) is 9.59 Å². The van der Waals surface area contributed by atoms with Crippen molar-refractivity contribution in [1.82, 2.24) is 5.32 Å². The fraction of sp³-hybridized carbons (Fsp3) is 0.417. The molecule has 0 atom stereocenters. The summed E-state index contributed by atoms with van der Waals surface area (Å²) in [5, 5.41) is 12.4. The van der Waals surface area contributed by atoms with Crippen molar-refractivity contribution in [2.45, 2.75) is 32.1 Å². The molecule has 0 radical (unpaired) electrons. The molecule has 2 aromatic rings. The van der Waals surface area contributed by atoms with Gasteiger partial charge in [0.05, 0.1) is 7.11 Å². The third-order valence-corrected chi connectivity index (χ3v) is 5.49. The summed E-state index contributed by atoms with van der Waals surface area (Å²) >= 11 is 0. The highest BCUT2D eigenvalue weighted by Crippen LogP contribution is 2.29. The molecule has 176 valence electrons. The lowest BCUT2D eigenvalue weighted by molar-refractivity contribution is -0.135. The minimum atomic E-state index is -0.834. The quantitative estimate of drug-likeness (QED) is 0.349. The molecule has 0 fully saturated rings. The number of aliphatic carboxylic acids is 1. The molecule has 1 heterocycles. The monoisotopic (exact) mass is 482 g/mol. The van der Waals surface area contributed by atoms with Gasteiger partial charge in [-0.15, -0.1) is 24.8 Å². The van der Waals surface area contributed by atoms with Crippen LogP contribution in [0.1, 0.15) is 40.7 Å². The van der Waals surface area contributed by atoms with Crippen LogP contribution < -0.4 is 15.0 Å². The Hall–Kier alpha value is -2.28. The number of methoxy groups -OCH3 is 1. The second-order valence-corrected chi connectivity index (χ2v) is 7.60. The number of carbonyl (C=O) groups excluding carboxylic acids is 1. The number of para-hydroxylation sites is 1. The summed E-state index contributed by atoms with van der Waals surface area (Å²) in [6.45, 7) is 2.47. The number of carbonyl (C=O) groups is 2. The van der Waals surface area contributed by atoms with Crippen LogP contribution in [-0.4, -0.2) is 50.1 Å². The Morgan fingerprint density at radius 2 is 1.88 bits per heavy atom. The molecule has 0 amide bonds. The number of halogens is 2. The highest BCUT2D eigenvalue weighted by atomic mass is 35.5. The van der Waals surface area contributed by atoms with Crippen molar-refractivity contribution in [1.29, 1.82) is 0 Å². The van der Waals surface area contributed by atoms with Crippen molar-refractivity contribution in [2.24, 2.45) is 0 Å². The highest BCUT2D eigenvalue weighted by Gasteiger charge is 2.22. The number of hydrogen-bond donors (Lipinski definition) is 2. The average Bonchev–Trinajstić information content (AvgIpc) is 3.14. The highest BCUT2D eigenvalue weighted by molar-refractivity contribution is 5.97. The minimum Gasteiger partial charge on any atom is -0.496 e. The van der Waals surface area contributed by atoms with Gasteiger partial charge in [0.25, 0.3) is 0 Å². The van der Waals surface area contributed by atoms with E-state index >= 15 is 0 Å². The molecule has 0 spiro atoms. The number of rotatable bonds is 12. The second kappa shape index (κ2) is 14.0. The van der Waals surface area contributed by atoms with Gasteiger partial charge in [0.15, 0.2) is 5.78 Å². The maximum absolute atomic E-state index is 12.5. The van der Waals surface area contributed by atoms with Crippen molar-refractivity contribution < 1.29 is 19.4 Å². The third kappa shape index (κ3) is 7.69. The summed E-state index contributed by atoms with van der Waals surface area (Å²) in [6.07, 6.45) is 4.04. The van der Waals surface area contributed by atoms with Crippen molar-refractivity contribution in [2.75, 3.05) is 38.2 Å². The number of hydrogen-bond acceptors (Lipinski definition) is 5. The molecule has 2 N–H and O–H groups in total. The maximum atomic E-state index is 12.5. The summed E-state index contributed by atoms with van der Waals surface area (Å²) in [7, 11) is 1.69. The first-order valence-electron chi connectivity index (χ1n) is 10.5. The maximum Gasteiger partial charge on any atom is 0.323 e. The standard InChI is InChI=1S/C24H30N2O4.2ClH/c1-30-23-8-3-2-6-18(23)11-14-25-13-5-4-7-22(27)20-9-10-21-19(16-20)12-15-26(21)17-24(28)29;;/h2-3,6,8-10,16,25H,4-5,7,11-15,17H2,1H3,(H,28,29);2*1H. The number of carboxylic acids is 1. The van der Waals surface area contributed by atoms with Crippen LogP contribution in [0.2, 0.25) is 0 Å². The van der Waals surface area contributed by atoms with E-state index in [0.717, 1.165) is 61.3 Å². The van der Waals surface area contributed by atoms with E-state index in [1.54, 1.807) is 7.11 Å². The molecule has 0 aromatic heterocycles. The minimum absolute atomic E-state index is 0. The van der Waals surface area contributed by atoms with Crippen LogP contribution in [0.3, 0.4) is 0 Å². The van der Waals surface area contributed by atoms with Gasteiger partial charge in [0, 0.05) is 24.2 Å². The Labute approximate surface area is 202 Å². The lowest BCUT2D eigenvalue weighted by Gasteiger charge is -2.16. The summed E-state index contributed by atoms with van der Waals surface area (Å²) in [6, 6.07) is 13.7. The number of anilines is 1. The number of nitrogens with zero attached hydrogens (tertiary/aromatic N) is 1. The number of carboxylic acid groups (broad SMARTS) is 1. The van der Waals surface area contributed by atoms with Gasteiger partial charge >= 0.3 is 5.97 Å². The number of benzene rings is 2. The first kappa shape index (κ1) is 27.8. The Balaban J connectivity index is 0.00000256. The van der Waals surface area contributed by atoms with E-state index in [1.165, 1.54) is 5.56 Å². The van der Waals surface area contributed by atoms with Crippen LogP contribution >= 0.6 is 24.8 Å². The molecular weight excluding hydrogens is 451 g/mol. The van der Waals surface area contributed by atoms with Crippen molar-refractivity contribution >= 4 is 42.3 Å². The van der Waals surface area contributed by atoms with E-state index in [4.69, 9.17) is 9.84 Å². The van der Waals surface area contributed by atoms with E-state index in [0.29, 0.717) is 13.0 Å². The third-order valence-electron chi connectivity index (χ3n) is 5.49. The molecule has 0 saturated carbocycles. The predicted octanol–water partition coefficient (Wildman–Crippen LogP) is 4.17. The van der Waals surface area contributed by atoms with Crippen LogP contribution in [-0.2, 0) is 17.6 Å². The van der Waals surface area contributed by atoms with Crippen molar-refractivity contribution in [3.05, 3.63) is 59.2 Å². The van der Waals surface area contributed by atoms with Gasteiger partial charge in [-0.1, -0.05) is 18.2 Å². The van der Waals surface area contributed by atoms with Crippen LogP contribution in [0, 0.1) is 0 Å². The SMILES string of the molecule is COc1ccccc1CCNCCCCC(=O)c1ccc2c(c1)CCN2CC(=O)O.Cl.Cl. The Morgan fingerprint density at radius 3 is 2.62 bits per heavy atom. The molecule has 0 unspecified atom stereocenters. The first-order valence-corrected chi connectivity index (χ1v) is 10.5. The molecule has 0 aliphatic carbocycles. The number of Topliss-reactive ketones (excluding diaryl/α,β-unsaturated/α-hetero) is 1. The fourth-order valence-corrected chi connectivity index (χ4v) is 3.91. The molecule has 3 rings (SSSR count).